The van der Waals surface area contributed by atoms with E-state index in [-0.39, 0.29) is 17.2 Å². The first-order valence-electron chi connectivity index (χ1n) is 3.55. The summed E-state index contributed by atoms with van der Waals surface area (Å²) in [5.74, 6) is -0.115. The fourth-order valence-corrected chi connectivity index (χ4v) is 1.78. The Hall–Kier alpha value is -0.980. The third-order valence-corrected chi connectivity index (χ3v) is 2.60. The molecule has 1 amide bonds. The van der Waals surface area contributed by atoms with Crippen LogP contribution in [0, 0.1) is 0 Å². The van der Waals surface area contributed by atoms with Gasteiger partial charge in [-0.3, -0.25) is 4.79 Å². The molecule has 1 rings (SSSR count). The lowest BCUT2D eigenvalue weighted by molar-refractivity contribution is -0.108. The first-order valence-corrected chi connectivity index (χ1v) is 5.71. The van der Waals surface area contributed by atoms with E-state index in [1.807, 2.05) is 0 Å². The van der Waals surface area contributed by atoms with Crippen molar-refractivity contribution in [3.05, 3.63) is 28.2 Å². The van der Waals surface area contributed by atoms with Gasteiger partial charge in [0.25, 0.3) is 0 Å². The van der Waals surface area contributed by atoms with Crippen LogP contribution >= 0.6 is 23.2 Å². The average Bonchev–Trinajstić information content (AvgIpc) is 2.09. The quantitative estimate of drug-likeness (QED) is 0.838. The Balaban J connectivity index is 2.95. The number of benzene rings is 1. The zero-order chi connectivity index (χ0) is 11.5. The molecule has 0 bridgehead atoms. The lowest BCUT2D eigenvalue weighted by atomic mass is 10.3. The molecule has 82 valence electrons. The van der Waals surface area contributed by atoms with Crippen LogP contribution in [0.25, 0.3) is 0 Å². The lowest BCUT2D eigenvalue weighted by Gasteiger charge is -2.06. The number of carbonyl (C=O) groups excluding carboxylic acids is 1. The molecule has 0 aromatic heterocycles. The van der Waals surface area contributed by atoms with Crippen molar-refractivity contribution in [1.29, 1.82) is 0 Å². The van der Waals surface area contributed by atoms with Crippen LogP contribution in [0.15, 0.2) is 18.2 Å². The van der Waals surface area contributed by atoms with Gasteiger partial charge in [-0.25, -0.2) is 4.72 Å². The summed E-state index contributed by atoms with van der Waals surface area (Å²) in [6.07, 6.45) is -0.0147. The highest BCUT2D eigenvalue weighted by molar-refractivity contribution is 7.85. The van der Waals surface area contributed by atoms with Gasteiger partial charge in [0.05, 0.1) is 5.02 Å². The minimum atomic E-state index is -4.17. The van der Waals surface area contributed by atoms with Crippen LogP contribution in [-0.2, 0) is 15.1 Å². The number of rotatable bonds is 4. The number of hydrogen-bond acceptors (Lipinski definition) is 4. The molecule has 0 heterocycles. The highest BCUT2D eigenvalue weighted by atomic mass is 35.5. The Morgan fingerprint density at radius 2 is 2.00 bits per heavy atom. The van der Waals surface area contributed by atoms with E-state index in [0.717, 1.165) is 0 Å². The van der Waals surface area contributed by atoms with Crippen molar-refractivity contribution in [2.24, 2.45) is 0 Å². The largest absolute Gasteiger partial charge is 0.409 e. The van der Waals surface area contributed by atoms with Gasteiger partial charge < -0.3 is 4.18 Å². The van der Waals surface area contributed by atoms with E-state index in [2.05, 4.69) is 4.18 Å². The lowest BCUT2D eigenvalue weighted by Crippen LogP contribution is -2.26. The van der Waals surface area contributed by atoms with Crippen molar-refractivity contribution in [3.63, 3.8) is 0 Å². The molecule has 5 nitrogen and oxygen atoms in total. The summed E-state index contributed by atoms with van der Waals surface area (Å²) in [6, 6.07) is 3.99. The second-order valence-electron chi connectivity index (χ2n) is 2.35. The number of amides is 1. The molecule has 0 fully saturated rings. The first kappa shape index (κ1) is 12.1. The van der Waals surface area contributed by atoms with Gasteiger partial charge in [-0.2, -0.15) is 8.42 Å². The molecule has 0 unspecified atom stereocenters. The molecule has 15 heavy (non-hydrogen) atoms. The van der Waals surface area contributed by atoms with Crippen molar-refractivity contribution in [2.45, 2.75) is 0 Å². The van der Waals surface area contributed by atoms with Gasteiger partial charge in [0.1, 0.15) is 0 Å². The maximum Gasteiger partial charge on any atom is 0.409 e. The predicted octanol–water partition coefficient (Wildman–Crippen LogP) is 1.36. The summed E-state index contributed by atoms with van der Waals surface area (Å²) in [4.78, 5) is 9.93. The van der Waals surface area contributed by atoms with Gasteiger partial charge in [0.2, 0.25) is 6.41 Å². The summed E-state index contributed by atoms with van der Waals surface area (Å²) in [5, 5.41) is 0.367. The van der Waals surface area contributed by atoms with Crippen molar-refractivity contribution < 1.29 is 17.4 Å². The van der Waals surface area contributed by atoms with Crippen LogP contribution in [0.1, 0.15) is 0 Å². The molecule has 0 saturated carbocycles. The monoisotopic (exact) mass is 269 g/mol. The highest BCUT2D eigenvalue weighted by Gasteiger charge is 2.13. The fraction of sp³-hybridized carbons (Fsp3) is 0. The van der Waals surface area contributed by atoms with Crippen LogP contribution in [-0.4, -0.2) is 14.8 Å². The number of carbonyl (C=O) groups is 1. The van der Waals surface area contributed by atoms with Gasteiger partial charge in [-0.05, 0) is 18.2 Å². The van der Waals surface area contributed by atoms with Gasteiger partial charge >= 0.3 is 10.3 Å². The minimum Gasteiger partial charge on any atom is -0.365 e. The SMILES string of the molecule is O=CNS(=O)(=O)Oc1ccc(Cl)cc1Cl. The molecule has 0 saturated heterocycles. The first-order chi connectivity index (χ1) is 6.94. The van der Waals surface area contributed by atoms with E-state index >= 15 is 0 Å². The van der Waals surface area contributed by atoms with Crippen LogP contribution in [0.3, 0.4) is 0 Å². The third kappa shape index (κ3) is 3.58. The summed E-state index contributed by atoms with van der Waals surface area (Å²) in [6.45, 7) is 0. The summed E-state index contributed by atoms with van der Waals surface area (Å²) >= 11 is 11.2. The van der Waals surface area contributed by atoms with Crippen molar-refractivity contribution in [3.8, 4) is 5.75 Å². The predicted molar refractivity (Wildman–Crippen MR) is 55.2 cm³/mol. The van der Waals surface area contributed by atoms with Crippen LogP contribution in [0.2, 0.25) is 10.0 Å². The number of halogens is 2. The van der Waals surface area contributed by atoms with Gasteiger partial charge in [0.15, 0.2) is 5.75 Å². The zero-order valence-corrected chi connectivity index (χ0v) is 9.43. The van der Waals surface area contributed by atoms with Gasteiger partial charge in [0, 0.05) is 5.02 Å². The molecule has 0 atom stereocenters. The molecule has 0 aliphatic carbocycles. The van der Waals surface area contributed by atoms with Crippen LogP contribution in [0.4, 0.5) is 0 Å². The van der Waals surface area contributed by atoms with Crippen LogP contribution < -0.4 is 8.91 Å². The maximum atomic E-state index is 11.0. The van der Waals surface area contributed by atoms with E-state index in [1.54, 1.807) is 0 Å². The molecule has 0 aliphatic rings. The minimum absolute atomic E-state index is 0.0147. The smallest absolute Gasteiger partial charge is 0.365 e. The standard InChI is InChI=1S/C7H5Cl2NO4S/c8-5-1-2-7(6(9)3-5)14-15(12,13)10-4-11/h1-4H,(H,10,11). The van der Waals surface area contributed by atoms with E-state index in [9.17, 15) is 13.2 Å². The zero-order valence-electron chi connectivity index (χ0n) is 7.11. The Bertz CT molecular complexity index is 474. The molecular weight excluding hydrogens is 265 g/mol. The van der Waals surface area contributed by atoms with E-state index < -0.39 is 10.3 Å². The number of nitrogens with one attached hydrogen (secondary N) is 1. The Morgan fingerprint density at radius 3 is 2.53 bits per heavy atom. The Morgan fingerprint density at radius 1 is 1.33 bits per heavy atom. The van der Waals surface area contributed by atoms with E-state index in [0.29, 0.717) is 5.02 Å². The summed E-state index contributed by atoms with van der Waals surface area (Å²) in [7, 11) is -4.17. The van der Waals surface area contributed by atoms with Crippen molar-refractivity contribution in [1.82, 2.24) is 4.72 Å². The molecule has 1 N–H and O–H groups in total. The second kappa shape index (κ2) is 4.69. The maximum absolute atomic E-state index is 11.0. The normalized spacial score (nSPS) is 10.8. The molecule has 0 spiro atoms. The Labute approximate surface area is 96.2 Å². The van der Waals surface area contributed by atoms with Gasteiger partial charge in [-0.15, -0.1) is 0 Å². The molecule has 1 aromatic carbocycles. The van der Waals surface area contributed by atoms with Crippen LogP contribution in [0.5, 0.6) is 5.75 Å². The number of hydrogen-bond donors (Lipinski definition) is 1. The summed E-state index contributed by atoms with van der Waals surface area (Å²) in [5.41, 5.74) is 0. The molecule has 1 aromatic rings. The van der Waals surface area contributed by atoms with E-state index in [1.165, 1.54) is 22.9 Å². The molecule has 8 heteroatoms. The third-order valence-electron chi connectivity index (χ3n) is 1.29. The Kier molecular flexibility index (Phi) is 3.78. The molecular formula is C7H5Cl2NO4S. The second-order valence-corrected chi connectivity index (χ2v) is 4.50. The van der Waals surface area contributed by atoms with Crippen molar-refractivity contribution >= 4 is 39.9 Å². The fourth-order valence-electron chi connectivity index (χ4n) is 0.744. The molecule has 0 radical (unpaired) electrons. The molecule has 0 aliphatic heterocycles. The highest BCUT2D eigenvalue weighted by Crippen LogP contribution is 2.28. The van der Waals surface area contributed by atoms with Gasteiger partial charge in [-0.1, -0.05) is 23.2 Å². The topological polar surface area (TPSA) is 72.5 Å². The van der Waals surface area contributed by atoms with Crippen molar-refractivity contribution in [2.75, 3.05) is 0 Å². The van der Waals surface area contributed by atoms with E-state index in [4.69, 9.17) is 23.2 Å². The summed E-state index contributed by atoms with van der Waals surface area (Å²) < 4.78 is 27.9. The average molecular weight is 270 g/mol.